The van der Waals surface area contributed by atoms with Gasteiger partial charge in [-0.25, -0.2) is 4.68 Å². The fourth-order valence-corrected chi connectivity index (χ4v) is 4.38. The van der Waals surface area contributed by atoms with E-state index in [0.29, 0.717) is 19.0 Å². The minimum absolute atomic E-state index is 0.113. The summed E-state index contributed by atoms with van der Waals surface area (Å²) in [6.45, 7) is 5.86. The largest absolute Gasteiger partial charge is 0.493 e. The topological polar surface area (TPSA) is 59.8 Å². The van der Waals surface area contributed by atoms with Crippen LogP contribution >= 0.6 is 0 Å². The molecule has 2 aromatic rings. The summed E-state index contributed by atoms with van der Waals surface area (Å²) in [5.41, 5.74) is -0.452. The first-order chi connectivity index (χ1) is 15.8. The molecule has 10 heteroatoms. The van der Waals surface area contributed by atoms with Gasteiger partial charge < -0.3 is 14.4 Å². The Balaban J connectivity index is 1.39. The van der Waals surface area contributed by atoms with Gasteiger partial charge in [0.15, 0.2) is 11.4 Å². The molecule has 2 fully saturated rings. The molecule has 4 rings (SSSR count). The molecule has 1 aromatic carbocycles. The van der Waals surface area contributed by atoms with Gasteiger partial charge in [-0.3, -0.25) is 9.69 Å². The number of rotatable bonds is 6. The van der Waals surface area contributed by atoms with Crippen LogP contribution in [0.15, 0.2) is 30.5 Å². The number of carbonyl (C=O) groups excluding carboxylic acids is 1. The Hall–Kier alpha value is -2.59. The van der Waals surface area contributed by atoms with Crippen LogP contribution in [0.1, 0.15) is 35.3 Å². The van der Waals surface area contributed by atoms with E-state index in [0.717, 1.165) is 64.2 Å². The quantitative estimate of drug-likeness (QED) is 0.653. The average molecular weight is 467 g/mol. The first kappa shape index (κ1) is 23.6. The van der Waals surface area contributed by atoms with Crippen molar-refractivity contribution in [3.8, 4) is 11.4 Å². The maximum absolute atomic E-state index is 13.1. The van der Waals surface area contributed by atoms with E-state index in [9.17, 15) is 18.0 Å². The number of carbonyl (C=O) groups is 1. The molecule has 3 heterocycles. The van der Waals surface area contributed by atoms with Gasteiger partial charge in [0.05, 0.1) is 37.8 Å². The summed E-state index contributed by atoms with van der Waals surface area (Å²) in [5.74, 6) is 0.553. The smallest absolute Gasteiger partial charge is 0.416 e. The van der Waals surface area contributed by atoms with Gasteiger partial charge in [0.2, 0.25) is 0 Å². The first-order valence-electron chi connectivity index (χ1n) is 11.3. The SMILES string of the molecule is COc1cn(-c2cccc(C(F)(F)F)c2)nc1C(=O)N1CCC(CCN2CCOCC2)CC1. The van der Waals surface area contributed by atoms with Crippen LogP contribution in [0.3, 0.4) is 0 Å². The van der Waals surface area contributed by atoms with Crippen LogP contribution in [0.5, 0.6) is 5.75 Å². The number of benzene rings is 1. The molecule has 0 N–H and O–H groups in total. The summed E-state index contributed by atoms with van der Waals surface area (Å²) < 4.78 is 51.2. The van der Waals surface area contributed by atoms with Crippen LogP contribution in [0, 0.1) is 5.92 Å². The lowest BCUT2D eigenvalue weighted by Gasteiger charge is -2.33. The molecule has 0 radical (unpaired) electrons. The van der Waals surface area contributed by atoms with Crippen molar-refractivity contribution in [1.82, 2.24) is 19.6 Å². The lowest BCUT2D eigenvalue weighted by Crippen LogP contribution is -2.41. The van der Waals surface area contributed by atoms with Gasteiger partial charge in [0, 0.05) is 26.2 Å². The highest BCUT2D eigenvalue weighted by Gasteiger charge is 2.31. The van der Waals surface area contributed by atoms with Crippen molar-refractivity contribution in [2.75, 3.05) is 53.0 Å². The van der Waals surface area contributed by atoms with E-state index in [1.807, 2.05) is 0 Å². The van der Waals surface area contributed by atoms with Gasteiger partial charge in [0.25, 0.3) is 5.91 Å². The Morgan fingerprint density at radius 2 is 1.91 bits per heavy atom. The molecule has 0 unspecified atom stereocenters. The van der Waals surface area contributed by atoms with E-state index >= 15 is 0 Å². The van der Waals surface area contributed by atoms with Crippen LogP contribution in [-0.2, 0) is 10.9 Å². The molecule has 0 atom stereocenters. The van der Waals surface area contributed by atoms with E-state index < -0.39 is 11.7 Å². The summed E-state index contributed by atoms with van der Waals surface area (Å²) in [4.78, 5) is 17.3. The molecule has 7 nitrogen and oxygen atoms in total. The third-order valence-corrected chi connectivity index (χ3v) is 6.40. The second-order valence-electron chi connectivity index (χ2n) is 8.52. The fourth-order valence-electron chi connectivity index (χ4n) is 4.38. The molecule has 2 saturated heterocycles. The summed E-state index contributed by atoms with van der Waals surface area (Å²) in [6, 6.07) is 4.82. The van der Waals surface area contributed by atoms with Gasteiger partial charge >= 0.3 is 6.18 Å². The minimum Gasteiger partial charge on any atom is -0.493 e. The Labute approximate surface area is 191 Å². The molecule has 33 heavy (non-hydrogen) atoms. The van der Waals surface area contributed by atoms with Crippen LogP contribution < -0.4 is 4.74 Å². The van der Waals surface area contributed by atoms with Gasteiger partial charge in [-0.2, -0.15) is 18.3 Å². The zero-order valence-electron chi connectivity index (χ0n) is 18.7. The predicted octanol–water partition coefficient (Wildman–Crippen LogP) is 3.47. The maximum atomic E-state index is 13.1. The summed E-state index contributed by atoms with van der Waals surface area (Å²) in [5, 5.41) is 4.28. The average Bonchev–Trinajstić information content (AvgIpc) is 3.27. The maximum Gasteiger partial charge on any atom is 0.416 e. The van der Waals surface area contributed by atoms with E-state index in [1.54, 1.807) is 4.90 Å². The Morgan fingerprint density at radius 3 is 2.58 bits per heavy atom. The number of alkyl halides is 3. The fraction of sp³-hybridized carbons (Fsp3) is 0.565. The van der Waals surface area contributed by atoms with E-state index in [2.05, 4.69) is 10.00 Å². The monoisotopic (exact) mass is 466 g/mol. The molecule has 1 aromatic heterocycles. The second kappa shape index (κ2) is 10.1. The highest BCUT2D eigenvalue weighted by atomic mass is 19.4. The molecule has 1 amide bonds. The first-order valence-corrected chi connectivity index (χ1v) is 11.3. The Bertz CT molecular complexity index is 949. The summed E-state index contributed by atoms with van der Waals surface area (Å²) in [6.07, 6.45) is -0.0647. The summed E-state index contributed by atoms with van der Waals surface area (Å²) in [7, 11) is 1.42. The number of morpholine rings is 1. The number of piperidine rings is 1. The van der Waals surface area contributed by atoms with Crippen molar-refractivity contribution in [2.24, 2.45) is 5.92 Å². The number of ether oxygens (including phenoxy) is 2. The lowest BCUT2D eigenvalue weighted by molar-refractivity contribution is -0.137. The molecule has 2 aliphatic rings. The normalized spacial score (nSPS) is 18.5. The molecular weight excluding hydrogens is 437 g/mol. The third kappa shape index (κ3) is 5.67. The van der Waals surface area contributed by atoms with Crippen LogP contribution in [-0.4, -0.2) is 78.5 Å². The van der Waals surface area contributed by atoms with Crippen molar-refractivity contribution >= 4 is 5.91 Å². The highest BCUT2D eigenvalue weighted by molar-refractivity contribution is 5.95. The number of methoxy groups -OCH3 is 1. The number of likely N-dealkylation sites (tertiary alicyclic amines) is 1. The standard InChI is InChI=1S/C23H29F3N4O3/c1-32-20-16-30(19-4-2-3-18(15-19)23(24,25)26)27-21(20)22(31)29-9-6-17(7-10-29)5-8-28-11-13-33-14-12-28/h2-4,15-17H,5-14H2,1H3. The highest BCUT2D eigenvalue weighted by Crippen LogP contribution is 2.31. The van der Waals surface area contributed by atoms with Crippen LogP contribution in [0.25, 0.3) is 5.69 Å². The van der Waals surface area contributed by atoms with E-state index in [1.165, 1.54) is 30.1 Å². The number of hydrogen-bond donors (Lipinski definition) is 0. The number of amides is 1. The van der Waals surface area contributed by atoms with Crippen molar-refractivity contribution in [3.05, 3.63) is 41.7 Å². The predicted molar refractivity (Wildman–Crippen MR) is 116 cm³/mol. The van der Waals surface area contributed by atoms with Crippen molar-refractivity contribution in [1.29, 1.82) is 0 Å². The second-order valence-corrected chi connectivity index (χ2v) is 8.52. The number of nitrogens with zero attached hydrogens (tertiary/aromatic N) is 4. The third-order valence-electron chi connectivity index (χ3n) is 6.40. The van der Waals surface area contributed by atoms with Crippen LogP contribution in [0.2, 0.25) is 0 Å². The number of hydrogen-bond acceptors (Lipinski definition) is 5. The number of aromatic nitrogens is 2. The van der Waals surface area contributed by atoms with Crippen molar-refractivity contribution < 1.29 is 27.4 Å². The van der Waals surface area contributed by atoms with E-state index in [4.69, 9.17) is 9.47 Å². The van der Waals surface area contributed by atoms with Crippen LogP contribution in [0.4, 0.5) is 13.2 Å². The van der Waals surface area contributed by atoms with Crippen molar-refractivity contribution in [2.45, 2.75) is 25.4 Å². The molecule has 2 aliphatic heterocycles. The molecule has 0 saturated carbocycles. The zero-order chi connectivity index (χ0) is 23.4. The molecule has 0 bridgehead atoms. The lowest BCUT2D eigenvalue weighted by atomic mass is 9.93. The van der Waals surface area contributed by atoms with Crippen molar-refractivity contribution in [3.63, 3.8) is 0 Å². The van der Waals surface area contributed by atoms with Gasteiger partial charge in [-0.05, 0) is 49.9 Å². The minimum atomic E-state index is -4.46. The Kier molecular flexibility index (Phi) is 7.23. The van der Waals surface area contributed by atoms with Gasteiger partial charge in [-0.15, -0.1) is 0 Å². The molecule has 0 spiro atoms. The molecular formula is C23H29F3N4O3. The Morgan fingerprint density at radius 1 is 1.18 bits per heavy atom. The zero-order valence-corrected chi connectivity index (χ0v) is 18.7. The summed E-state index contributed by atoms with van der Waals surface area (Å²) >= 11 is 0. The van der Waals surface area contributed by atoms with Gasteiger partial charge in [0.1, 0.15) is 0 Å². The van der Waals surface area contributed by atoms with Gasteiger partial charge in [-0.1, -0.05) is 6.07 Å². The molecule has 180 valence electrons. The number of halogens is 3. The molecule has 0 aliphatic carbocycles. The van der Waals surface area contributed by atoms with E-state index in [-0.39, 0.29) is 23.0 Å².